The Labute approximate surface area is 174 Å². The van der Waals surface area contributed by atoms with Crippen LogP contribution in [0.4, 0.5) is 0 Å². The summed E-state index contributed by atoms with van der Waals surface area (Å²) in [5.74, 6) is 1.19. The van der Waals surface area contributed by atoms with Crippen LogP contribution in [-0.2, 0) is 14.2 Å². The Hall–Kier alpha value is -1.28. The average Bonchev–Trinajstić information content (AvgIpc) is 2.62. The third-order valence-corrected chi connectivity index (χ3v) is 9.12. The number of alkyl halides is 1. The fraction of sp³-hybridized carbons (Fsp3) is 0.650. The molecule has 0 radical (unpaired) electrons. The highest BCUT2D eigenvalue weighted by Gasteiger charge is 2.39. The van der Waals surface area contributed by atoms with Gasteiger partial charge in [-0.05, 0) is 36.3 Å². The van der Waals surface area contributed by atoms with Crippen molar-refractivity contribution in [1.82, 2.24) is 0 Å². The van der Waals surface area contributed by atoms with Gasteiger partial charge in [-0.15, -0.1) is 11.6 Å². The predicted molar refractivity (Wildman–Crippen MR) is 113 cm³/mol. The van der Waals surface area contributed by atoms with Crippen molar-refractivity contribution in [2.75, 3.05) is 46.0 Å². The molecule has 1 rings (SSSR count). The summed E-state index contributed by atoms with van der Waals surface area (Å²) >= 11 is 5.50. The second kappa shape index (κ2) is 11.7. The minimum atomic E-state index is -2.01. The standard InChI is InChI=1S/C20H33ClO6Si/c1-20(2,3)28(5,6)27-17-8-7-16(15-18(17)23-4)19(22)26-14-13-25-12-11-24-10-9-21/h7-8,15H,9-14H2,1-6H3. The van der Waals surface area contributed by atoms with Crippen molar-refractivity contribution in [3.8, 4) is 11.5 Å². The van der Waals surface area contributed by atoms with E-state index in [1.54, 1.807) is 25.3 Å². The minimum absolute atomic E-state index is 0.0601. The first-order valence-corrected chi connectivity index (χ1v) is 12.8. The van der Waals surface area contributed by atoms with Crippen LogP contribution in [0, 0.1) is 0 Å². The zero-order chi connectivity index (χ0) is 21.2. The largest absolute Gasteiger partial charge is 0.541 e. The molecule has 160 valence electrons. The zero-order valence-electron chi connectivity index (χ0n) is 17.8. The van der Waals surface area contributed by atoms with E-state index in [1.165, 1.54) is 0 Å². The van der Waals surface area contributed by atoms with Gasteiger partial charge in [0.2, 0.25) is 0 Å². The Morgan fingerprint density at radius 3 is 2.18 bits per heavy atom. The first kappa shape index (κ1) is 24.8. The Bertz CT molecular complexity index is 615. The molecule has 0 amide bonds. The summed E-state index contributed by atoms with van der Waals surface area (Å²) in [4.78, 5) is 12.2. The molecule has 0 unspecified atom stereocenters. The number of hydrogen-bond donors (Lipinski definition) is 0. The van der Waals surface area contributed by atoms with E-state index in [9.17, 15) is 4.79 Å². The highest BCUT2D eigenvalue weighted by atomic mass is 35.5. The first-order chi connectivity index (χ1) is 13.1. The zero-order valence-corrected chi connectivity index (χ0v) is 19.6. The van der Waals surface area contributed by atoms with Gasteiger partial charge in [-0.3, -0.25) is 0 Å². The van der Waals surface area contributed by atoms with Crippen LogP contribution in [0.3, 0.4) is 0 Å². The Morgan fingerprint density at radius 2 is 1.61 bits per heavy atom. The molecule has 0 aliphatic rings. The van der Waals surface area contributed by atoms with Gasteiger partial charge in [0.1, 0.15) is 12.4 Å². The highest BCUT2D eigenvalue weighted by molar-refractivity contribution is 6.74. The molecule has 0 aromatic heterocycles. The third kappa shape index (κ3) is 7.99. The van der Waals surface area contributed by atoms with Crippen LogP contribution in [0.5, 0.6) is 11.5 Å². The van der Waals surface area contributed by atoms with Crippen molar-refractivity contribution >= 4 is 25.9 Å². The van der Waals surface area contributed by atoms with Crippen LogP contribution in [0.1, 0.15) is 31.1 Å². The first-order valence-electron chi connectivity index (χ1n) is 9.38. The number of hydrogen-bond acceptors (Lipinski definition) is 6. The number of carbonyl (C=O) groups is 1. The fourth-order valence-corrected chi connectivity index (χ4v) is 3.09. The van der Waals surface area contributed by atoms with Crippen LogP contribution < -0.4 is 9.16 Å². The molecule has 0 saturated carbocycles. The van der Waals surface area contributed by atoms with E-state index in [4.69, 9.17) is 35.0 Å². The maximum atomic E-state index is 12.2. The number of methoxy groups -OCH3 is 1. The Balaban J connectivity index is 2.57. The summed E-state index contributed by atoms with van der Waals surface area (Å²) in [7, 11) is -0.452. The average molecular weight is 433 g/mol. The van der Waals surface area contributed by atoms with Crippen molar-refractivity contribution < 1.29 is 28.2 Å². The molecule has 0 fully saturated rings. The molecule has 28 heavy (non-hydrogen) atoms. The van der Waals surface area contributed by atoms with Crippen LogP contribution in [0.2, 0.25) is 18.1 Å². The molecule has 8 heteroatoms. The SMILES string of the molecule is COc1cc(C(=O)OCCOCCOCCCl)ccc1O[Si](C)(C)C(C)(C)C. The van der Waals surface area contributed by atoms with E-state index in [0.29, 0.717) is 49.4 Å². The van der Waals surface area contributed by atoms with E-state index in [0.717, 1.165) is 0 Å². The maximum Gasteiger partial charge on any atom is 0.338 e. The van der Waals surface area contributed by atoms with E-state index in [2.05, 4.69) is 33.9 Å². The summed E-state index contributed by atoms with van der Waals surface area (Å²) in [5.41, 5.74) is 0.407. The van der Waals surface area contributed by atoms with Crippen molar-refractivity contribution in [2.45, 2.75) is 38.9 Å². The monoisotopic (exact) mass is 432 g/mol. The molecular weight excluding hydrogens is 400 g/mol. The number of halogens is 1. The molecule has 0 heterocycles. The van der Waals surface area contributed by atoms with Gasteiger partial charge in [-0.25, -0.2) is 4.79 Å². The summed E-state index contributed by atoms with van der Waals surface area (Å²) < 4.78 is 27.5. The van der Waals surface area contributed by atoms with Gasteiger partial charge >= 0.3 is 5.97 Å². The molecule has 0 saturated heterocycles. The third-order valence-electron chi connectivity index (χ3n) is 4.62. The fourth-order valence-electron chi connectivity index (χ4n) is 1.96. The molecule has 0 bridgehead atoms. The summed E-state index contributed by atoms with van der Waals surface area (Å²) in [6.07, 6.45) is 0. The van der Waals surface area contributed by atoms with E-state index >= 15 is 0 Å². The second-order valence-electron chi connectivity index (χ2n) is 7.78. The summed E-state index contributed by atoms with van der Waals surface area (Å²) in [5, 5.41) is 0.0601. The molecule has 0 aliphatic heterocycles. The number of ether oxygens (including phenoxy) is 4. The molecule has 0 aliphatic carbocycles. The van der Waals surface area contributed by atoms with Crippen LogP contribution in [0.25, 0.3) is 0 Å². The number of carbonyl (C=O) groups excluding carboxylic acids is 1. The van der Waals surface area contributed by atoms with Gasteiger partial charge < -0.3 is 23.4 Å². The summed E-state index contributed by atoms with van der Waals surface area (Å²) in [6.45, 7) is 12.7. The molecular formula is C20H33ClO6Si. The quantitative estimate of drug-likeness (QED) is 0.209. The van der Waals surface area contributed by atoms with E-state index < -0.39 is 14.3 Å². The second-order valence-corrected chi connectivity index (χ2v) is 12.9. The van der Waals surface area contributed by atoms with Crippen molar-refractivity contribution in [1.29, 1.82) is 0 Å². The van der Waals surface area contributed by atoms with Gasteiger partial charge in [-0.1, -0.05) is 20.8 Å². The lowest BCUT2D eigenvalue weighted by molar-refractivity contribution is 0.0166. The van der Waals surface area contributed by atoms with Crippen LogP contribution >= 0.6 is 11.6 Å². The number of rotatable bonds is 12. The molecule has 1 aromatic carbocycles. The lowest BCUT2D eigenvalue weighted by Gasteiger charge is -2.36. The van der Waals surface area contributed by atoms with Gasteiger partial charge in [0.15, 0.2) is 5.75 Å². The molecule has 1 aromatic rings. The van der Waals surface area contributed by atoms with Crippen LogP contribution in [0.15, 0.2) is 18.2 Å². The maximum absolute atomic E-state index is 12.2. The topological polar surface area (TPSA) is 63.2 Å². The lowest BCUT2D eigenvalue weighted by atomic mass is 10.2. The lowest BCUT2D eigenvalue weighted by Crippen LogP contribution is -2.43. The predicted octanol–water partition coefficient (Wildman–Crippen LogP) is 4.51. The summed E-state index contributed by atoms with van der Waals surface area (Å²) in [6, 6.07) is 5.10. The van der Waals surface area contributed by atoms with Crippen molar-refractivity contribution in [3.63, 3.8) is 0 Å². The highest BCUT2D eigenvalue weighted by Crippen LogP contribution is 2.40. The smallest absolute Gasteiger partial charge is 0.338 e. The van der Waals surface area contributed by atoms with Gasteiger partial charge in [-0.2, -0.15) is 0 Å². The van der Waals surface area contributed by atoms with Crippen LogP contribution in [-0.4, -0.2) is 60.3 Å². The van der Waals surface area contributed by atoms with Crippen molar-refractivity contribution in [3.05, 3.63) is 23.8 Å². The Kier molecular flexibility index (Phi) is 10.3. The van der Waals surface area contributed by atoms with Crippen molar-refractivity contribution in [2.24, 2.45) is 0 Å². The van der Waals surface area contributed by atoms with Gasteiger partial charge in [0.25, 0.3) is 8.32 Å². The number of esters is 1. The van der Waals surface area contributed by atoms with Gasteiger partial charge in [0.05, 0.1) is 39.1 Å². The molecule has 0 spiro atoms. The molecule has 6 nitrogen and oxygen atoms in total. The minimum Gasteiger partial charge on any atom is -0.541 e. The number of benzene rings is 1. The Morgan fingerprint density at radius 1 is 1.00 bits per heavy atom. The van der Waals surface area contributed by atoms with E-state index in [-0.39, 0.29) is 11.6 Å². The normalized spacial score (nSPS) is 12.0. The van der Waals surface area contributed by atoms with Gasteiger partial charge in [0, 0.05) is 5.88 Å². The molecule has 0 N–H and O–H groups in total. The molecule has 0 atom stereocenters. The van der Waals surface area contributed by atoms with E-state index in [1.807, 2.05) is 0 Å².